The SMILES string of the molecule is CC(=O)Oc1c(-c2cncc(N3CC[C@](C)(NC(=O)OC(C)(C)C)C3)c2)cc(F)cc1-c1ccc(-n2ccn(C)c2=O)c(Cl)c1. The molecule has 2 aromatic heterocycles. The summed E-state index contributed by atoms with van der Waals surface area (Å²) in [5, 5.41) is 3.23. The van der Waals surface area contributed by atoms with E-state index in [2.05, 4.69) is 15.2 Å². The highest BCUT2D eigenvalue weighted by Crippen LogP contribution is 2.42. The number of ether oxygens (including phenoxy) is 2. The standard InChI is InChI=1S/C33H35ClFN5O5/c1-20(41)44-29-25(21-7-8-28(27(34)14-21)40-12-11-38(6)31(40)43)15-23(35)16-26(29)22-13-24(18-36-17-22)39-10-9-33(5,19-39)37-30(42)45-32(2,3)4/h7-8,11-18H,9-10,19H2,1-6H3,(H,37,42)/t33-/m0/s1. The highest BCUT2D eigenvalue weighted by Gasteiger charge is 2.37. The van der Waals surface area contributed by atoms with Gasteiger partial charge in [0.15, 0.2) is 0 Å². The molecule has 0 bridgehead atoms. The van der Waals surface area contributed by atoms with Gasteiger partial charge in [-0.3, -0.25) is 14.3 Å². The summed E-state index contributed by atoms with van der Waals surface area (Å²) in [6.07, 6.45) is 6.67. The number of benzene rings is 2. The van der Waals surface area contributed by atoms with Gasteiger partial charge in [-0.25, -0.2) is 14.0 Å². The lowest BCUT2D eigenvalue weighted by molar-refractivity contribution is -0.131. The second-order valence-corrected chi connectivity index (χ2v) is 12.8. The van der Waals surface area contributed by atoms with Crippen molar-refractivity contribution in [2.24, 2.45) is 7.05 Å². The van der Waals surface area contributed by atoms with Crippen LogP contribution >= 0.6 is 11.6 Å². The molecule has 4 aromatic rings. The predicted molar refractivity (Wildman–Crippen MR) is 171 cm³/mol. The molecule has 0 saturated carbocycles. The van der Waals surface area contributed by atoms with Crippen LogP contribution in [0.25, 0.3) is 27.9 Å². The van der Waals surface area contributed by atoms with Gasteiger partial charge >= 0.3 is 17.8 Å². The van der Waals surface area contributed by atoms with Crippen LogP contribution in [-0.2, 0) is 16.6 Å². The average molecular weight is 636 g/mol. The summed E-state index contributed by atoms with van der Waals surface area (Å²) in [6.45, 7) is 9.79. The number of pyridine rings is 1. The molecule has 0 unspecified atom stereocenters. The van der Waals surface area contributed by atoms with Crippen molar-refractivity contribution in [1.29, 1.82) is 0 Å². The first-order valence-electron chi connectivity index (χ1n) is 14.4. The summed E-state index contributed by atoms with van der Waals surface area (Å²) in [6, 6.07) is 9.34. The molecular weight excluding hydrogens is 601 g/mol. The van der Waals surface area contributed by atoms with Crippen LogP contribution in [0.3, 0.4) is 0 Å². The Hall–Kier alpha value is -4.64. The first-order valence-corrected chi connectivity index (χ1v) is 14.8. The maximum Gasteiger partial charge on any atom is 0.408 e. The number of aromatic nitrogens is 3. The van der Waals surface area contributed by atoms with Crippen LogP contribution in [0.15, 0.2) is 66.0 Å². The number of imidazole rings is 1. The van der Waals surface area contributed by atoms with Gasteiger partial charge in [-0.2, -0.15) is 0 Å². The molecule has 1 N–H and O–H groups in total. The molecule has 236 valence electrons. The molecule has 1 aliphatic heterocycles. The average Bonchev–Trinajstić information content (AvgIpc) is 3.49. The van der Waals surface area contributed by atoms with Crippen LogP contribution < -0.4 is 20.6 Å². The number of hydrogen-bond donors (Lipinski definition) is 1. The Morgan fingerprint density at radius 2 is 1.78 bits per heavy atom. The summed E-state index contributed by atoms with van der Waals surface area (Å²) in [5.41, 5.74) is 1.41. The number of aryl methyl sites for hydroxylation is 1. The maximum absolute atomic E-state index is 15.3. The van der Waals surface area contributed by atoms with Gasteiger partial charge in [-0.1, -0.05) is 17.7 Å². The van der Waals surface area contributed by atoms with E-state index in [0.29, 0.717) is 47.5 Å². The lowest BCUT2D eigenvalue weighted by Crippen LogP contribution is -2.49. The van der Waals surface area contributed by atoms with Gasteiger partial charge < -0.3 is 24.3 Å². The highest BCUT2D eigenvalue weighted by atomic mass is 35.5. The van der Waals surface area contributed by atoms with E-state index in [1.54, 1.807) is 50.0 Å². The lowest BCUT2D eigenvalue weighted by Gasteiger charge is -2.29. The number of hydrogen-bond acceptors (Lipinski definition) is 7. The van der Waals surface area contributed by atoms with Crippen molar-refractivity contribution in [3.63, 3.8) is 0 Å². The number of anilines is 1. The molecule has 1 aliphatic rings. The summed E-state index contributed by atoms with van der Waals surface area (Å²) >= 11 is 6.61. The van der Waals surface area contributed by atoms with Crippen LogP contribution in [-0.4, -0.2) is 50.4 Å². The Morgan fingerprint density at radius 3 is 2.40 bits per heavy atom. The predicted octanol–water partition coefficient (Wildman–Crippen LogP) is 6.12. The van der Waals surface area contributed by atoms with E-state index in [1.165, 1.54) is 28.2 Å². The normalized spacial score (nSPS) is 16.5. The van der Waals surface area contributed by atoms with Crippen molar-refractivity contribution in [2.75, 3.05) is 18.0 Å². The number of esters is 1. The second-order valence-electron chi connectivity index (χ2n) is 12.4. The topological polar surface area (TPSA) is 108 Å². The quantitative estimate of drug-likeness (QED) is 0.201. The molecule has 45 heavy (non-hydrogen) atoms. The highest BCUT2D eigenvalue weighted by molar-refractivity contribution is 6.32. The number of alkyl carbamates (subject to hydrolysis) is 1. The molecule has 0 aliphatic carbocycles. The molecule has 1 atom stereocenters. The summed E-state index contributed by atoms with van der Waals surface area (Å²) in [7, 11) is 1.63. The number of amides is 1. The van der Waals surface area contributed by atoms with E-state index in [4.69, 9.17) is 21.1 Å². The zero-order valence-corrected chi connectivity index (χ0v) is 26.7. The number of halogens is 2. The van der Waals surface area contributed by atoms with Crippen molar-refractivity contribution in [1.82, 2.24) is 19.4 Å². The number of carbonyl (C=O) groups excluding carboxylic acids is 2. The third-order valence-corrected chi connectivity index (χ3v) is 7.74. The lowest BCUT2D eigenvalue weighted by atomic mass is 9.97. The summed E-state index contributed by atoms with van der Waals surface area (Å²) in [5.74, 6) is -1.01. The Morgan fingerprint density at radius 1 is 1.07 bits per heavy atom. The smallest absolute Gasteiger partial charge is 0.408 e. The fourth-order valence-electron chi connectivity index (χ4n) is 5.37. The van der Waals surface area contributed by atoms with Gasteiger partial charge in [0.05, 0.1) is 28.1 Å². The maximum atomic E-state index is 15.3. The molecule has 3 heterocycles. The van der Waals surface area contributed by atoms with Crippen LogP contribution in [0, 0.1) is 5.82 Å². The summed E-state index contributed by atoms with van der Waals surface area (Å²) < 4.78 is 29.2. The van der Waals surface area contributed by atoms with Gasteiger partial charge in [0.1, 0.15) is 17.2 Å². The largest absolute Gasteiger partial charge is 0.444 e. The van der Waals surface area contributed by atoms with E-state index in [-0.39, 0.29) is 16.5 Å². The van der Waals surface area contributed by atoms with Crippen molar-refractivity contribution >= 4 is 29.4 Å². The molecule has 2 aromatic carbocycles. The van der Waals surface area contributed by atoms with Crippen LogP contribution in [0.1, 0.15) is 41.0 Å². The van der Waals surface area contributed by atoms with Crippen molar-refractivity contribution in [3.05, 3.63) is 82.5 Å². The van der Waals surface area contributed by atoms with Gasteiger partial charge in [0.2, 0.25) is 0 Å². The third kappa shape index (κ3) is 7.04. The zero-order valence-electron chi connectivity index (χ0n) is 26.0. The molecule has 0 radical (unpaired) electrons. The molecule has 10 nitrogen and oxygen atoms in total. The van der Waals surface area contributed by atoms with Gasteiger partial charge in [0.25, 0.3) is 0 Å². The molecule has 0 spiro atoms. The van der Waals surface area contributed by atoms with E-state index in [9.17, 15) is 14.4 Å². The Balaban J connectivity index is 1.50. The minimum Gasteiger partial charge on any atom is -0.444 e. The van der Waals surface area contributed by atoms with E-state index in [0.717, 1.165) is 5.69 Å². The summed E-state index contributed by atoms with van der Waals surface area (Å²) in [4.78, 5) is 43.7. The Kier molecular flexibility index (Phi) is 8.50. The molecule has 1 fully saturated rings. The fraction of sp³-hybridized carbons (Fsp3) is 0.333. The van der Waals surface area contributed by atoms with Crippen LogP contribution in [0.4, 0.5) is 14.9 Å². The third-order valence-electron chi connectivity index (χ3n) is 7.44. The van der Waals surface area contributed by atoms with Gasteiger partial charge in [-0.15, -0.1) is 0 Å². The van der Waals surface area contributed by atoms with Crippen molar-refractivity contribution in [3.8, 4) is 33.7 Å². The Bertz CT molecular complexity index is 1850. The molecule has 1 saturated heterocycles. The van der Waals surface area contributed by atoms with Crippen LogP contribution in [0.2, 0.25) is 5.02 Å². The van der Waals surface area contributed by atoms with Gasteiger partial charge in [0, 0.05) is 62.3 Å². The molecule has 5 rings (SSSR count). The first kappa shape index (κ1) is 31.8. The van der Waals surface area contributed by atoms with Crippen molar-refractivity contribution < 1.29 is 23.5 Å². The Labute approximate surface area is 265 Å². The number of rotatable bonds is 6. The van der Waals surface area contributed by atoms with Crippen LogP contribution in [0.5, 0.6) is 5.75 Å². The van der Waals surface area contributed by atoms with E-state index < -0.39 is 29.0 Å². The van der Waals surface area contributed by atoms with E-state index in [1.807, 2.05) is 33.8 Å². The van der Waals surface area contributed by atoms with Gasteiger partial charge in [-0.05, 0) is 70.0 Å². The number of nitrogens with one attached hydrogen (secondary N) is 1. The number of nitrogens with zero attached hydrogens (tertiary/aromatic N) is 4. The fourth-order valence-corrected chi connectivity index (χ4v) is 5.65. The van der Waals surface area contributed by atoms with E-state index >= 15 is 4.39 Å². The minimum absolute atomic E-state index is 0.140. The molecular formula is C33H35ClFN5O5. The van der Waals surface area contributed by atoms with Crippen molar-refractivity contribution in [2.45, 2.75) is 52.2 Å². The first-order chi connectivity index (χ1) is 21.1. The minimum atomic E-state index is -0.616. The monoisotopic (exact) mass is 635 g/mol. The molecule has 12 heteroatoms. The molecule has 1 amide bonds. The zero-order chi connectivity index (χ0) is 32.7. The second kappa shape index (κ2) is 12.0. The number of carbonyl (C=O) groups is 2.